The fraction of sp³-hybridized carbons (Fsp3) is 0.333. The monoisotopic (exact) mass is 646 g/mol. The van der Waals surface area contributed by atoms with Gasteiger partial charge in [0.2, 0.25) is 0 Å². The van der Waals surface area contributed by atoms with Crippen molar-refractivity contribution in [2.75, 3.05) is 0 Å². The first-order valence-electron chi connectivity index (χ1n) is 1.65. The summed E-state index contributed by atoms with van der Waals surface area (Å²) >= 11 is 1.94. The van der Waals surface area contributed by atoms with Crippen molar-refractivity contribution in [2.24, 2.45) is 0 Å². The van der Waals surface area contributed by atoms with Gasteiger partial charge in [0.1, 0.15) is 0 Å². The van der Waals surface area contributed by atoms with E-state index in [0.29, 0.717) is 0 Å². The van der Waals surface area contributed by atoms with Crippen molar-refractivity contribution in [2.45, 2.75) is 3.93 Å². The summed E-state index contributed by atoms with van der Waals surface area (Å²) < 4.78 is 3.70. The summed E-state index contributed by atoms with van der Waals surface area (Å²) in [5, 5.41) is 0. The molecule has 0 bridgehead atoms. The predicted molar refractivity (Wildman–Crippen MR) is 13.9 cm³/mol. The zero-order valence-corrected chi connectivity index (χ0v) is 20.5. The quantitative estimate of drug-likeness (QED) is 0.376. The van der Waals surface area contributed by atoms with Crippen LogP contribution in [0.2, 0.25) is 3.93 Å². The molecule has 0 heterocycles. The van der Waals surface area contributed by atoms with Gasteiger partial charge in [-0.25, -0.2) is 0 Å². The molecule has 0 aliphatic rings. The molecule has 0 aromatic heterocycles. The van der Waals surface area contributed by atoms with Crippen LogP contribution in [0, 0.1) is 0 Å². The summed E-state index contributed by atoms with van der Waals surface area (Å²) in [5.74, 6) is 0. The molecule has 0 saturated heterocycles. The molecular weight excluding hydrogens is 638 g/mol. The van der Waals surface area contributed by atoms with Crippen LogP contribution in [0.5, 0.6) is 0 Å². The Labute approximate surface area is 91.6 Å². The molecule has 0 aliphatic carbocycles. The third kappa shape index (κ3) is 9.74. The summed E-state index contributed by atoms with van der Waals surface area (Å²) in [6.07, 6.45) is 2.30. The van der Waals surface area contributed by atoms with Crippen LogP contribution in [0.15, 0.2) is 9.66 Å². The van der Waals surface area contributed by atoms with Crippen molar-refractivity contribution in [3.8, 4) is 0 Å². The van der Waals surface area contributed by atoms with Crippen LogP contribution in [0.4, 0.5) is 0 Å². The molecule has 0 unspecified atom stereocenters. The average molecular weight is 642 g/mol. The van der Waals surface area contributed by atoms with Gasteiger partial charge in [0, 0.05) is 27.7 Å². The number of allylic oxidation sites excluding steroid dienone is 1. The van der Waals surface area contributed by atoms with Crippen LogP contribution >= 0.6 is 0 Å². The van der Waals surface area contributed by atoms with E-state index in [2.05, 4.69) is 9.66 Å². The van der Waals surface area contributed by atoms with E-state index in [1.165, 1.54) is 3.93 Å². The van der Waals surface area contributed by atoms with E-state index in [9.17, 15) is 0 Å². The van der Waals surface area contributed by atoms with Crippen LogP contribution in [0.1, 0.15) is 0 Å². The second-order valence-electron chi connectivity index (χ2n) is 0.760. The van der Waals surface area contributed by atoms with Crippen LogP contribution in [0.3, 0.4) is 0 Å². The summed E-state index contributed by atoms with van der Waals surface area (Å²) in [4.78, 5) is 0. The Morgan fingerprint density at radius 2 is 2.00 bits per heavy atom. The van der Waals surface area contributed by atoms with Crippen LogP contribution in [0.25, 0.3) is 0 Å². The summed E-state index contributed by atoms with van der Waals surface area (Å²) in [7, 11) is 0. The maximum atomic E-state index is 2.30. The van der Waals surface area contributed by atoms with Crippen molar-refractivity contribution >= 4 is 0 Å². The molecule has 0 aromatic rings. The standard InChI is InChI=1S/C3H4.3Hg/c1-3-2;;;/h1,3H,2H2;;;. The summed E-state index contributed by atoms with van der Waals surface area (Å²) in [5.41, 5.74) is 0. The fourth-order valence-corrected chi connectivity index (χ4v) is 9.07. The molecule has 0 fully saturated rings. The van der Waals surface area contributed by atoms with Gasteiger partial charge >= 0.3 is 65.8 Å². The Bertz CT molecular complexity index is 33.0. The molecule has 0 amide bonds. The summed E-state index contributed by atoms with van der Waals surface area (Å²) in [6, 6.07) is 0. The second-order valence-corrected chi connectivity index (χ2v) is 4.84. The SMILES string of the molecule is [Hg].[Hg][CH]=C[CH2][Hg]. The van der Waals surface area contributed by atoms with Crippen LogP contribution in [-0.4, -0.2) is 0 Å². The molecule has 0 N–H and O–H groups in total. The number of rotatable bonds is 1. The average Bonchev–Trinajstić information content (AvgIpc) is 1.41. The van der Waals surface area contributed by atoms with Crippen molar-refractivity contribution in [3.05, 3.63) is 9.66 Å². The van der Waals surface area contributed by atoms with Gasteiger partial charge in [-0.05, 0) is 0 Å². The molecule has 3 heteroatoms. The van der Waals surface area contributed by atoms with Crippen molar-refractivity contribution < 1.29 is 79.9 Å². The van der Waals surface area contributed by atoms with Crippen molar-refractivity contribution in [1.29, 1.82) is 0 Å². The third-order valence-corrected chi connectivity index (χ3v) is 2.92. The van der Waals surface area contributed by atoms with Gasteiger partial charge in [0.05, 0.1) is 0 Å². The van der Waals surface area contributed by atoms with E-state index < -0.39 is 0 Å². The van der Waals surface area contributed by atoms with Crippen LogP contribution < -0.4 is 0 Å². The molecule has 0 radical (unpaired) electrons. The molecule has 0 atom stereocenters. The molecule has 22 valence electrons. The first-order valence-corrected chi connectivity index (χ1v) is 8.71. The van der Waals surface area contributed by atoms with Crippen molar-refractivity contribution in [3.63, 3.8) is 0 Å². The zero-order chi connectivity index (χ0) is 4.12. The van der Waals surface area contributed by atoms with E-state index in [-0.39, 0.29) is 27.7 Å². The predicted octanol–water partition coefficient (Wildman–Crippen LogP) is 1.01. The summed E-state index contributed by atoms with van der Waals surface area (Å²) in [6.45, 7) is 0. The Hall–Kier alpha value is 2.55. The van der Waals surface area contributed by atoms with Crippen LogP contribution in [-0.2, 0) is 79.9 Å². The fourth-order valence-electron chi connectivity index (χ4n) is 0.118. The van der Waals surface area contributed by atoms with E-state index >= 15 is 0 Å². The molecule has 0 aliphatic heterocycles. The Morgan fingerprint density at radius 3 is 2.00 bits per heavy atom. The van der Waals surface area contributed by atoms with Gasteiger partial charge in [0.25, 0.3) is 0 Å². The minimum atomic E-state index is 0. The Morgan fingerprint density at radius 1 is 1.50 bits per heavy atom. The first-order chi connectivity index (χ1) is 2.41. The van der Waals surface area contributed by atoms with E-state index in [1.54, 1.807) is 0 Å². The topological polar surface area (TPSA) is 0 Å². The maximum absolute atomic E-state index is 2.30. The van der Waals surface area contributed by atoms with Crippen molar-refractivity contribution in [1.82, 2.24) is 0 Å². The molecule has 0 aromatic carbocycles. The minimum absolute atomic E-state index is 0. The first kappa shape index (κ1) is 11.4. The van der Waals surface area contributed by atoms with Gasteiger partial charge in [-0.2, -0.15) is 0 Å². The van der Waals surface area contributed by atoms with Gasteiger partial charge < -0.3 is 0 Å². The Balaban J connectivity index is 0. The van der Waals surface area contributed by atoms with E-state index in [1.807, 2.05) is 0 Å². The van der Waals surface area contributed by atoms with E-state index in [4.69, 9.17) is 0 Å². The van der Waals surface area contributed by atoms with Gasteiger partial charge in [0.15, 0.2) is 0 Å². The molecule has 6 heavy (non-hydrogen) atoms. The van der Waals surface area contributed by atoms with E-state index in [0.717, 1.165) is 52.2 Å². The number of hydrogen-bond donors (Lipinski definition) is 0. The molecule has 0 rings (SSSR count). The second kappa shape index (κ2) is 10.5. The third-order valence-electron chi connectivity index (χ3n) is 0.333. The molecular formula is C3H4Hg3. The molecule has 0 spiro atoms. The van der Waals surface area contributed by atoms with Gasteiger partial charge in [-0.1, -0.05) is 0 Å². The Kier molecular flexibility index (Phi) is 19.9. The normalized spacial score (nSPS) is 8.67. The number of hydrogen-bond acceptors (Lipinski definition) is 0. The van der Waals surface area contributed by atoms with Gasteiger partial charge in [-0.15, -0.1) is 0 Å². The van der Waals surface area contributed by atoms with Gasteiger partial charge in [-0.3, -0.25) is 0 Å². The zero-order valence-electron chi connectivity index (χ0n) is 3.98. The molecule has 0 saturated carbocycles. The molecule has 0 nitrogen and oxygen atoms in total.